The molecule has 0 bridgehead atoms. The number of aliphatic carboxylic acids is 1. The first-order valence-electron chi connectivity index (χ1n) is 13.1. The van der Waals surface area contributed by atoms with E-state index in [-0.39, 0.29) is 23.8 Å². The molecular formula is C27H29F6N5O6. The van der Waals surface area contributed by atoms with Gasteiger partial charge in [-0.3, -0.25) is 14.6 Å². The van der Waals surface area contributed by atoms with Crippen LogP contribution in [-0.4, -0.2) is 81.9 Å². The highest BCUT2D eigenvalue weighted by atomic mass is 19.4. The van der Waals surface area contributed by atoms with Gasteiger partial charge in [-0.1, -0.05) is 0 Å². The number of alkyl halides is 6. The Morgan fingerprint density at radius 3 is 2.14 bits per heavy atom. The predicted octanol–water partition coefficient (Wildman–Crippen LogP) is 4.64. The minimum absolute atomic E-state index is 0.0218. The molecule has 11 nitrogen and oxygen atoms in total. The van der Waals surface area contributed by atoms with Crippen LogP contribution in [0.1, 0.15) is 32.3 Å². The summed E-state index contributed by atoms with van der Waals surface area (Å²) in [4.78, 5) is 56.8. The van der Waals surface area contributed by atoms with E-state index in [1.807, 2.05) is 7.05 Å². The largest absolute Gasteiger partial charge is 0.573 e. The van der Waals surface area contributed by atoms with Gasteiger partial charge in [-0.25, -0.2) is 14.5 Å². The lowest BCUT2D eigenvalue weighted by Crippen LogP contribution is -2.43. The van der Waals surface area contributed by atoms with Gasteiger partial charge in [0.25, 0.3) is 5.91 Å². The predicted molar refractivity (Wildman–Crippen MR) is 142 cm³/mol. The van der Waals surface area contributed by atoms with Gasteiger partial charge in [0, 0.05) is 24.9 Å². The van der Waals surface area contributed by atoms with Crippen molar-refractivity contribution in [1.82, 2.24) is 14.8 Å². The number of hydrogen-bond acceptors (Lipinski definition) is 7. The zero-order valence-corrected chi connectivity index (χ0v) is 23.7. The number of imide groups is 1. The summed E-state index contributed by atoms with van der Waals surface area (Å²) in [5.74, 6) is -4.78. The summed E-state index contributed by atoms with van der Waals surface area (Å²) in [5, 5.41) is 9.66. The Kier molecular flexibility index (Phi) is 10.1. The maximum atomic E-state index is 13.4. The molecule has 0 spiro atoms. The summed E-state index contributed by atoms with van der Waals surface area (Å²) >= 11 is 0. The normalized spacial score (nSPS) is 17.7. The molecule has 240 valence electrons. The van der Waals surface area contributed by atoms with Gasteiger partial charge in [-0.05, 0) is 82.7 Å². The monoisotopic (exact) mass is 633 g/mol. The minimum Gasteiger partial charge on any atom is -0.475 e. The number of rotatable bonds is 6. The number of pyridine rings is 1. The molecule has 2 saturated heterocycles. The van der Waals surface area contributed by atoms with E-state index in [9.17, 15) is 40.7 Å². The molecule has 44 heavy (non-hydrogen) atoms. The Morgan fingerprint density at radius 1 is 1.05 bits per heavy atom. The molecule has 0 saturated carbocycles. The number of halogens is 6. The van der Waals surface area contributed by atoms with Crippen LogP contribution < -0.4 is 15.0 Å². The fourth-order valence-electron chi connectivity index (χ4n) is 4.47. The lowest BCUT2D eigenvalue weighted by atomic mass is 9.96. The third kappa shape index (κ3) is 8.36. The lowest BCUT2D eigenvalue weighted by Gasteiger charge is -2.28. The summed E-state index contributed by atoms with van der Waals surface area (Å²) in [7, 11) is 1.93. The summed E-state index contributed by atoms with van der Waals surface area (Å²) in [6.07, 6.45) is -5.84. The lowest BCUT2D eigenvalue weighted by molar-refractivity contribution is -0.274. The Hall–Kier alpha value is -4.41. The number of ether oxygens (including phenoxy) is 1. The van der Waals surface area contributed by atoms with Crippen molar-refractivity contribution in [2.24, 2.45) is 5.92 Å². The fraction of sp³-hybridized carbons (Fsp3) is 0.444. The van der Waals surface area contributed by atoms with Crippen LogP contribution in [0.4, 0.5) is 42.5 Å². The summed E-state index contributed by atoms with van der Waals surface area (Å²) < 4.78 is 75.1. The van der Waals surface area contributed by atoms with Crippen LogP contribution in [0.5, 0.6) is 5.75 Å². The van der Waals surface area contributed by atoms with Crippen LogP contribution in [-0.2, 0) is 20.9 Å². The van der Waals surface area contributed by atoms with Gasteiger partial charge in [-0.15, -0.1) is 13.2 Å². The number of carbonyl (C=O) groups excluding carboxylic acids is 3. The second kappa shape index (κ2) is 13.1. The number of nitrogens with one attached hydrogen (secondary N) is 1. The van der Waals surface area contributed by atoms with Crippen LogP contribution >= 0.6 is 0 Å². The fourth-order valence-corrected chi connectivity index (χ4v) is 4.47. The molecule has 17 heteroatoms. The van der Waals surface area contributed by atoms with Crippen LogP contribution in [0.2, 0.25) is 0 Å². The smallest absolute Gasteiger partial charge is 0.475 e. The number of carboxylic acids is 1. The molecule has 0 aliphatic carbocycles. The van der Waals surface area contributed by atoms with E-state index in [0.717, 1.165) is 22.6 Å². The highest BCUT2D eigenvalue weighted by Gasteiger charge is 2.52. The molecule has 2 fully saturated rings. The third-order valence-electron chi connectivity index (χ3n) is 6.95. The van der Waals surface area contributed by atoms with Crippen molar-refractivity contribution in [2.45, 2.75) is 51.3 Å². The molecule has 0 unspecified atom stereocenters. The van der Waals surface area contributed by atoms with Crippen LogP contribution in [0.3, 0.4) is 0 Å². The number of urea groups is 1. The molecule has 1 aromatic heterocycles. The number of likely N-dealkylation sites (tertiary alicyclic amines) is 1. The van der Waals surface area contributed by atoms with Gasteiger partial charge in [-0.2, -0.15) is 13.2 Å². The number of piperidine rings is 1. The molecule has 2 aliphatic heterocycles. The first kappa shape index (κ1) is 34.1. The van der Waals surface area contributed by atoms with Crippen molar-refractivity contribution in [3.8, 4) is 5.75 Å². The number of amides is 4. The van der Waals surface area contributed by atoms with Crippen molar-refractivity contribution < 1.29 is 55.4 Å². The molecule has 2 N–H and O–H groups in total. The SMILES string of the molecule is CN1CCC(C(=O)Nc2cc(N3C(=O)N(Cc4ccncc4)C(C)(C)C3=O)ccc2OC(F)(F)F)CC1.O=C(O)C(F)(F)F. The number of aromatic nitrogens is 1. The third-order valence-corrected chi connectivity index (χ3v) is 6.95. The van der Waals surface area contributed by atoms with Crippen molar-refractivity contribution >= 4 is 35.2 Å². The topological polar surface area (TPSA) is 132 Å². The molecule has 0 radical (unpaired) electrons. The van der Waals surface area contributed by atoms with Gasteiger partial charge >= 0.3 is 24.5 Å². The number of hydrogen-bond donors (Lipinski definition) is 2. The van der Waals surface area contributed by atoms with Crippen LogP contribution in [0.25, 0.3) is 0 Å². The van der Waals surface area contributed by atoms with Gasteiger partial charge in [0.2, 0.25) is 5.91 Å². The average Bonchev–Trinajstić information content (AvgIpc) is 3.08. The molecule has 4 amide bonds. The van der Waals surface area contributed by atoms with Crippen molar-refractivity contribution in [1.29, 1.82) is 0 Å². The zero-order valence-electron chi connectivity index (χ0n) is 23.7. The molecular weight excluding hydrogens is 604 g/mol. The van der Waals surface area contributed by atoms with Gasteiger partial charge in [0.15, 0.2) is 5.75 Å². The van der Waals surface area contributed by atoms with E-state index in [1.165, 1.54) is 11.0 Å². The van der Waals surface area contributed by atoms with Crippen molar-refractivity contribution in [2.75, 3.05) is 30.4 Å². The van der Waals surface area contributed by atoms with E-state index in [0.29, 0.717) is 25.9 Å². The molecule has 4 rings (SSSR count). The van der Waals surface area contributed by atoms with E-state index in [2.05, 4.69) is 19.9 Å². The molecule has 2 aliphatic rings. The van der Waals surface area contributed by atoms with Crippen LogP contribution in [0, 0.1) is 5.92 Å². The number of nitrogens with zero attached hydrogens (tertiary/aromatic N) is 4. The number of benzene rings is 1. The Morgan fingerprint density at radius 2 is 1.61 bits per heavy atom. The zero-order chi connectivity index (χ0) is 33.0. The highest BCUT2D eigenvalue weighted by molar-refractivity contribution is 6.23. The van der Waals surface area contributed by atoms with E-state index in [4.69, 9.17) is 9.90 Å². The summed E-state index contributed by atoms with van der Waals surface area (Å²) in [5.41, 5.74) is -0.719. The van der Waals surface area contributed by atoms with Crippen molar-refractivity contribution in [3.05, 3.63) is 48.3 Å². The standard InChI is InChI=1S/C25H28F3N5O4.C2HF3O2/c1-24(2)22(35)33(23(36)32(24)15-16-6-10-29-11-7-16)18-4-5-20(37-25(26,27)28)19(14-18)30-21(34)17-8-12-31(3)13-9-17;3-2(4,5)1(6)7/h4-7,10-11,14,17H,8-9,12-13,15H2,1-3H3,(H,30,34);(H,6,7). The minimum atomic E-state index is -5.08. The summed E-state index contributed by atoms with van der Waals surface area (Å²) in [6.45, 7) is 4.69. The number of carboxylic acid groups (broad SMARTS) is 1. The van der Waals surface area contributed by atoms with E-state index in [1.54, 1.807) is 38.4 Å². The molecule has 0 atom stereocenters. The number of anilines is 2. The molecule has 3 heterocycles. The van der Waals surface area contributed by atoms with Gasteiger partial charge in [0.05, 0.1) is 11.4 Å². The first-order valence-corrected chi connectivity index (χ1v) is 13.1. The number of carbonyl (C=O) groups is 4. The first-order chi connectivity index (χ1) is 20.3. The van der Waals surface area contributed by atoms with E-state index < -0.39 is 47.6 Å². The Labute approximate surface area is 247 Å². The maximum absolute atomic E-state index is 13.4. The summed E-state index contributed by atoms with van der Waals surface area (Å²) in [6, 6.07) is 6.15. The maximum Gasteiger partial charge on any atom is 0.573 e. The van der Waals surface area contributed by atoms with Crippen LogP contribution in [0.15, 0.2) is 42.7 Å². The quantitative estimate of drug-likeness (QED) is 0.348. The highest BCUT2D eigenvalue weighted by Crippen LogP contribution is 2.38. The molecule has 2 aromatic rings. The average molecular weight is 634 g/mol. The molecule has 1 aromatic carbocycles. The Bertz CT molecular complexity index is 1380. The van der Waals surface area contributed by atoms with Crippen molar-refractivity contribution in [3.63, 3.8) is 0 Å². The second-order valence-corrected chi connectivity index (χ2v) is 10.5. The van der Waals surface area contributed by atoms with E-state index >= 15 is 0 Å². The Balaban J connectivity index is 0.000000676. The van der Waals surface area contributed by atoms with Gasteiger partial charge in [0.1, 0.15) is 5.54 Å². The second-order valence-electron chi connectivity index (χ2n) is 10.5. The van der Waals surface area contributed by atoms with Gasteiger partial charge < -0.3 is 25.0 Å².